The Hall–Kier alpha value is -8.92. The van der Waals surface area contributed by atoms with Gasteiger partial charge in [-0.15, -0.1) is 0 Å². The lowest BCUT2D eigenvalue weighted by Gasteiger charge is -2.40. The minimum Gasteiger partial charge on any atom is -0.444 e. The van der Waals surface area contributed by atoms with Crippen LogP contribution in [0.5, 0.6) is 0 Å². The molecule has 27 nitrogen and oxygen atoms in total. The van der Waals surface area contributed by atoms with E-state index in [0.717, 1.165) is 68.5 Å². The lowest BCUT2D eigenvalue weighted by atomic mass is 10.1. The molecule has 0 aliphatic carbocycles. The van der Waals surface area contributed by atoms with Gasteiger partial charge in [0.1, 0.15) is 51.6 Å². The Bertz CT molecular complexity index is 6120. The minimum absolute atomic E-state index is 0. The molecule has 5 atom stereocenters. The maximum absolute atomic E-state index is 13.9. The number of aliphatic hydroxyl groups excluding tert-OH is 1. The molecule has 0 fully saturated rings. The molecule has 5 aromatic heterocycles. The summed E-state index contributed by atoms with van der Waals surface area (Å²) in [7, 11) is -7.35. The number of nitrogens with zero attached hydrogens (tertiary/aromatic N) is 14. The molecule has 5 unspecified atom stereocenters. The zero-order valence-electron chi connectivity index (χ0n) is 91.1. The fourth-order valence-electron chi connectivity index (χ4n) is 15.3. The van der Waals surface area contributed by atoms with Crippen LogP contribution in [0.4, 0.5) is 46.4 Å². The van der Waals surface area contributed by atoms with Gasteiger partial charge in [0.2, 0.25) is 5.69 Å². The monoisotopic (exact) mass is 2370 g/mol. The third kappa shape index (κ3) is 34.3. The lowest BCUT2D eigenvalue weighted by molar-refractivity contribution is 0.0122. The van der Waals surface area contributed by atoms with E-state index in [2.05, 4.69) is 206 Å². The number of rotatable bonds is 18. The van der Waals surface area contributed by atoms with Crippen molar-refractivity contribution in [1.29, 1.82) is 0 Å². The van der Waals surface area contributed by atoms with Crippen LogP contribution in [0.2, 0.25) is 72.5 Å². The maximum Gasteiger partial charge on any atom is 0.410 e. The fourth-order valence-corrected chi connectivity index (χ4v) is 20.3. The first-order valence-corrected chi connectivity index (χ1v) is 64.3. The number of aliphatic hydroxyl groups is 1. The van der Waals surface area contributed by atoms with Gasteiger partial charge < -0.3 is 62.4 Å². The normalized spacial score (nSPS) is 16.7. The average molecular weight is 2370 g/mol. The number of ether oxygens (including phenoxy) is 3. The number of carbonyl (C=O) groups excluding carboxylic acids is 3. The molecule has 39 heteroatoms. The smallest absolute Gasteiger partial charge is 0.410 e. The second kappa shape index (κ2) is 52.8. The number of halogens is 8. The van der Waals surface area contributed by atoms with Crippen LogP contribution >= 0.6 is 45.2 Å². The molecule has 10 heterocycles. The number of benzene rings is 5. The van der Waals surface area contributed by atoms with E-state index < -0.39 is 62.0 Å². The SMILES string of the molecule is C.C.C.CC(C)(C)OC(=O)N1Cc2c(I)c(-c3cccc(F)c3)nn2C(CO[Si](C)(C)C(C)(C)C)C1.CC(C)(C)OC(=O)N1Cc2cc(-c3cccc(F)c3)nn2C(CO[Si](C)(C)C(C)(C)C)C1.CC(C)(C)[Si](C)(C)OCC1CNCc2cc(-c3cccc(F)c3)nn21.CF.CI.OCC1CNCc2cc(-c3cccc(F)c3)nn21.[C-]#[N+]c1c(-c2cccc(F)c2)nn2c1CN(C(=O)OC(C)(C)C)CC2CO[Si](C)(C)C(C)(C)C. The second-order valence-corrected chi connectivity index (χ2v) is 66.6. The Kier molecular flexibility index (Phi) is 45.6. The quantitative estimate of drug-likeness (QED) is 0.0180. The van der Waals surface area contributed by atoms with Crippen molar-refractivity contribution >= 4 is 102 Å². The fraction of sp³-hybridized carbons (Fsp3) is 0.555. The van der Waals surface area contributed by atoms with Crippen LogP contribution < -0.4 is 10.6 Å². The van der Waals surface area contributed by atoms with Gasteiger partial charge in [0.05, 0.1) is 151 Å². The third-order valence-electron chi connectivity index (χ3n) is 27.4. The highest BCUT2D eigenvalue weighted by atomic mass is 127. The number of alkyl halides is 2. The van der Waals surface area contributed by atoms with Gasteiger partial charge in [0, 0.05) is 68.1 Å². The molecule has 0 radical (unpaired) electrons. The number of hydrogen-bond donors (Lipinski definition) is 3. The summed E-state index contributed by atoms with van der Waals surface area (Å²) in [6.07, 6.45) is -1.15. The molecule has 824 valence electrons. The second-order valence-electron chi connectivity index (χ2n) is 46.3. The largest absolute Gasteiger partial charge is 0.444 e. The Morgan fingerprint density at radius 3 is 0.980 bits per heavy atom. The summed E-state index contributed by atoms with van der Waals surface area (Å²) in [4.78, 5) is 49.5. The Balaban J connectivity index is 0.000000284. The third-order valence-corrected chi connectivity index (χ3v) is 46.5. The molecular formula is C110H166F6I2N16O11Si4. The number of nitrogens with one attached hydrogen (secondary N) is 2. The highest BCUT2D eigenvalue weighted by molar-refractivity contribution is 14.1. The molecule has 0 spiro atoms. The summed E-state index contributed by atoms with van der Waals surface area (Å²) >= 11 is 4.40. The predicted molar refractivity (Wildman–Crippen MR) is 612 cm³/mol. The summed E-state index contributed by atoms with van der Waals surface area (Å²) in [5, 5.41) is 39.9. The number of aromatic nitrogens is 10. The van der Waals surface area contributed by atoms with E-state index in [4.69, 9.17) is 58.9 Å². The number of carbonyl (C=O) groups is 3. The highest BCUT2D eigenvalue weighted by Gasteiger charge is 2.46. The van der Waals surface area contributed by atoms with Crippen LogP contribution in [-0.2, 0) is 64.6 Å². The summed E-state index contributed by atoms with van der Waals surface area (Å²) < 4.78 is 131. The van der Waals surface area contributed by atoms with E-state index in [1.54, 1.807) is 55.8 Å². The molecule has 149 heavy (non-hydrogen) atoms. The van der Waals surface area contributed by atoms with Crippen molar-refractivity contribution in [3.8, 4) is 56.3 Å². The number of hydrogen-bond acceptors (Lipinski definition) is 18. The molecule has 15 rings (SSSR count). The number of fused-ring (bicyclic) bond motifs is 5. The minimum atomic E-state index is -2.07. The van der Waals surface area contributed by atoms with Gasteiger partial charge in [-0.1, -0.05) is 189 Å². The summed E-state index contributed by atoms with van der Waals surface area (Å²) in [6.45, 7) is 75.9. The average Bonchev–Trinajstić information content (AvgIpc) is 1.61. The molecule has 3 N–H and O–H groups in total. The number of amides is 3. The van der Waals surface area contributed by atoms with Crippen molar-refractivity contribution < 1.29 is 77.7 Å². The zero-order valence-corrected chi connectivity index (χ0v) is 99.4. The summed E-state index contributed by atoms with van der Waals surface area (Å²) in [6, 6.07) is 37.3. The van der Waals surface area contributed by atoms with Crippen molar-refractivity contribution in [2.75, 3.05) is 77.9 Å². The van der Waals surface area contributed by atoms with Crippen LogP contribution in [0.25, 0.3) is 61.1 Å². The standard InChI is InChI=1S/C25H35FN4O3Si.C24H35FIN3O3Si.C24H36FN3O3Si.C19H28FN3OSi.C13H14FN3O.CH3F.CH3I.3CH4/c1-24(2,3)33-23(31)29-14-19(16-32-34(8,9)25(4,5)6)30-20(15-29)22(27-7)21(28-30)17-11-10-12-18(26)13-17;1-23(2,3)32-22(30)28-13-18(15-31-33(7,8)24(4,5)6)29-19(14-28)20(26)21(27-29)16-10-9-11-17(25)12-16;1-23(2,3)31-22(29)27-14-19-13-21(17-10-9-11-18(25)12-17)26-28(19)20(15-27)16-30-32(7,8)24(4,5)6;1-19(2,3)25(4,5)24-13-17-12-21-11-16-10-18(22-23(16)17)14-7-6-8-15(20)9-14;14-10-3-1-2-9(4-10)13-5-11-6-15-7-12(8-18)17(11)16-13;2*1-2;;;/h10-13,19H,14-16H2,1-6,8-9H3;9-12,18H,13-15H2,1-8H3;9-13,20H,14-16H2,1-8H3;6-10,17,21H,11-13H2,1-5H3;1-5,12,15,18H,6-8H2;2*1H3;3*1H4. The first kappa shape index (κ1) is 129. The molecule has 5 aliphatic rings. The van der Waals surface area contributed by atoms with Gasteiger partial charge in [-0.2, -0.15) is 25.5 Å². The molecule has 5 aromatic carbocycles. The van der Waals surface area contributed by atoms with E-state index in [9.17, 15) is 45.8 Å². The van der Waals surface area contributed by atoms with E-state index >= 15 is 0 Å². The summed E-state index contributed by atoms with van der Waals surface area (Å²) in [5.74, 6) is -1.51. The molecular weight excluding hydrogens is 2200 g/mol. The Morgan fingerprint density at radius 2 is 0.658 bits per heavy atom. The van der Waals surface area contributed by atoms with Crippen molar-refractivity contribution in [3.05, 3.63) is 212 Å². The van der Waals surface area contributed by atoms with Crippen LogP contribution in [0, 0.1) is 39.2 Å². The molecule has 0 bridgehead atoms. The van der Waals surface area contributed by atoms with Gasteiger partial charge in [0.25, 0.3) is 0 Å². The molecule has 0 saturated heterocycles. The van der Waals surface area contributed by atoms with E-state index in [-0.39, 0.29) is 121 Å². The van der Waals surface area contributed by atoms with Gasteiger partial charge in [-0.3, -0.25) is 27.8 Å². The summed E-state index contributed by atoms with van der Waals surface area (Å²) in [5.41, 5.74) is 9.94. The van der Waals surface area contributed by atoms with Gasteiger partial charge >= 0.3 is 18.3 Å². The molecule has 3 amide bonds. The molecule has 0 saturated carbocycles. The first-order chi connectivity index (χ1) is 67.8. The molecule has 10 aromatic rings. The Morgan fingerprint density at radius 1 is 0.389 bits per heavy atom. The van der Waals surface area contributed by atoms with Gasteiger partial charge in [-0.25, -0.2) is 41.2 Å². The van der Waals surface area contributed by atoms with Gasteiger partial charge in [-0.05, 0) is 247 Å². The molecule has 5 aliphatic heterocycles. The van der Waals surface area contributed by atoms with Crippen molar-refractivity contribution in [3.63, 3.8) is 0 Å². The highest BCUT2D eigenvalue weighted by Crippen LogP contribution is 2.46. The van der Waals surface area contributed by atoms with E-state index in [0.29, 0.717) is 118 Å². The van der Waals surface area contributed by atoms with Gasteiger partial charge in [0.15, 0.2) is 33.3 Å². The van der Waals surface area contributed by atoms with Crippen LogP contribution in [0.1, 0.15) is 226 Å². The van der Waals surface area contributed by atoms with E-state index in [1.807, 2.05) is 124 Å². The Labute approximate surface area is 913 Å². The van der Waals surface area contributed by atoms with Crippen molar-refractivity contribution in [2.24, 2.45) is 0 Å². The van der Waals surface area contributed by atoms with Crippen molar-refractivity contribution in [1.82, 2.24) is 74.2 Å². The predicted octanol–water partition coefficient (Wildman–Crippen LogP) is 28.4. The maximum atomic E-state index is 13.9. The van der Waals surface area contributed by atoms with Crippen LogP contribution in [0.15, 0.2) is 140 Å². The van der Waals surface area contributed by atoms with Crippen LogP contribution in [-0.4, -0.2) is 215 Å². The van der Waals surface area contributed by atoms with Crippen LogP contribution in [0.3, 0.4) is 0 Å². The zero-order chi connectivity index (χ0) is 109. The first-order valence-electron chi connectivity index (χ1n) is 49.4. The van der Waals surface area contributed by atoms with Crippen molar-refractivity contribution in [2.45, 2.75) is 320 Å². The van der Waals surface area contributed by atoms with E-state index in [1.165, 1.54) is 60.7 Å². The lowest BCUT2D eigenvalue weighted by Crippen LogP contribution is -2.47. The topological polar surface area (TPSA) is 263 Å².